The van der Waals surface area contributed by atoms with E-state index in [1.165, 1.54) is 18.9 Å². The second-order valence-corrected chi connectivity index (χ2v) is 7.76. The third-order valence-corrected chi connectivity index (χ3v) is 5.59. The van der Waals surface area contributed by atoms with E-state index in [1.54, 1.807) is 0 Å². The Hall–Kier alpha value is -1.00. The van der Waals surface area contributed by atoms with Crippen LogP contribution >= 0.6 is 0 Å². The average molecular weight is 367 g/mol. The summed E-state index contributed by atoms with van der Waals surface area (Å²) in [5.41, 5.74) is 0. The van der Waals surface area contributed by atoms with Gasteiger partial charge in [0.1, 0.15) is 12.4 Å². The molecule has 0 aromatic rings. The van der Waals surface area contributed by atoms with Crippen molar-refractivity contribution in [3.8, 4) is 0 Å². The van der Waals surface area contributed by atoms with E-state index in [9.17, 15) is 14.7 Å². The number of aliphatic hydroxyl groups is 2. The Balaban J connectivity index is 2.20. The lowest BCUT2D eigenvalue weighted by molar-refractivity contribution is -0.121. The van der Waals surface area contributed by atoms with Gasteiger partial charge in [-0.25, -0.2) is 0 Å². The average Bonchev–Trinajstić information content (AvgIpc) is 2.98. The molecule has 4 heteroatoms. The molecule has 0 spiro atoms. The monoisotopic (exact) mass is 366 g/mol. The van der Waals surface area contributed by atoms with Gasteiger partial charge in [0.05, 0.1) is 6.10 Å². The minimum atomic E-state index is -0.429. The quantitative estimate of drug-likeness (QED) is 0.333. The van der Waals surface area contributed by atoms with Crippen LogP contribution in [-0.2, 0) is 9.59 Å². The van der Waals surface area contributed by atoms with Gasteiger partial charge >= 0.3 is 0 Å². The number of unbranched alkanes of at least 4 members (excludes halogenated alkanes) is 4. The van der Waals surface area contributed by atoms with E-state index < -0.39 is 6.61 Å². The van der Waals surface area contributed by atoms with Crippen LogP contribution in [0.4, 0.5) is 0 Å². The number of hydrogen-bond acceptors (Lipinski definition) is 4. The topological polar surface area (TPSA) is 74.6 Å². The highest BCUT2D eigenvalue weighted by molar-refractivity contribution is 5.90. The fraction of sp³-hybridized carbons (Fsp3) is 0.818. The highest BCUT2D eigenvalue weighted by Crippen LogP contribution is 2.36. The first-order valence-corrected chi connectivity index (χ1v) is 10.6. The number of allylic oxidation sites excluding steroid dienone is 1. The summed E-state index contributed by atoms with van der Waals surface area (Å²) in [5, 5.41) is 18.7. The summed E-state index contributed by atoms with van der Waals surface area (Å²) in [7, 11) is 0. The van der Waals surface area contributed by atoms with Crippen molar-refractivity contribution in [2.24, 2.45) is 11.8 Å². The Morgan fingerprint density at radius 1 is 1.15 bits per heavy atom. The molecule has 26 heavy (non-hydrogen) atoms. The molecule has 1 unspecified atom stereocenters. The second kappa shape index (κ2) is 14.1. The van der Waals surface area contributed by atoms with E-state index in [4.69, 9.17) is 5.11 Å². The zero-order valence-electron chi connectivity index (χ0n) is 16.5. The van der Waals surface area contributed by atoms with Crippen molar-refractivity contribution in [2.45, 2.75) is 96.5 Å². The molecule has 1 aliphatic carbocycles. The lowest BCUT2D eigenvalue weighted by Gasteiger charge is -2.19. The Kier molecular flexibility index (Phi) is 12.5. The molecular weight excluding hydrogens is 328 g/mol. The lowest BCUT2D eigenvalue weighted by atomic mass is 9.86. The molecule has 3 atom stereocenters. The zero-order valence-corrected chi connectivity index (χ0v) is 16.5. The molecule has 0 aromatic heterocycles. The maximum atomic E-state index is 12.2. The van der Waals surface area contributed by atoms with Crippen LogP contribution in [0.2, 0.25) is 0 Å². The molecular formula is C22H38O4. The molecule has 0 saturated heterocycles. The molecule has 0 radical (unpaired) electrons. The largest absolute Gasteiger partial charge is 0.393 e. The summed E-state index contributed by atoms with van der Waals surface area (Å²) < 4.78 is 0. The van der Waals surface area contributed by atoms with E-state index in [0.29, 0.717) is 11.7 Å². The van der Waals surface area contributed by atoms with Crippen LogP contribution in [-0.4, -0.2) is 34.5 Å². The van der Waals surface area contributed by atoms with Gasteiger partial charge in [0, 0.05) is 12.3 Å². The Bertz CT molecular complexity index is 430. The lowest BCUT2D eigenvalue weighted by Crippen LogP contribution is -2.15. The Labute approximate surface area is 159 Å². The summed E-state index contributed by atoms with van der Waals surface area (Å²) in [6, 6.07) is 0. The van der Waals surface area contributed by atoms with E-state index in [0.717, 1.165) is 70.6 Å². The summed E-state index contributed by atoms with van der Waals surface area (Å²) in [6.07, 6.45) is 15.9. The maximum absolute atomic E-state index is 12.2. The number of aliphatic hydroxyl groups excluding tert-OH is 2. The van der Waals surface area contributed by atoms with Crippen LogP contribution in [0.5, 0.6) is 0 Å². The van der Waals surface area contributed by atoms with Gasteiger partial charge < -0.3 is 10.2 Å². The van der Waals surface area contributed by atoms with E-state index in [-0.39, 0.29) is 17.8 Å². The van der Waals surface area contributed by atoms with Gasteiger partial charge in [-0.15, -0.1) is 0 Å². The van der Waals surface area contributed by atoms with Gasteiger partial charge in [0.15, 0.2) is 5.78 Å². The first kappa shape index (κ1) is 23.0. The Morgan fingerprint density at radius 3 is 2.65 bits per heavy atom. The van der Waals surface area contributed by atoms with Crippen LogP contribution in [0.25, 0.3) is 0 Å². The van der Waals surface area contributed by atoms with Crippen molar-refractivity contribution in [1.29, 1.82) is 0 Å². The van der Waals surface area contributed by atoms with Gasteiger partial charge in [-0.3, -0.25) is 9.59 Å². The molecule has 2 N–H and O–H groups in total. The molecule has 4 nitrogen and oxygen atoms in total. The van der Waals surface area contributed by atoms with Crippen LogP contribution in [0.1, 0.15) is 90.4 Å². The molecule has 150 valence electrons. The predicted molar refractivity (Wildman–Crippen MR) is 105 cm³/mol. The fourth-order valence-electron chi connectivity index (χ4n) is 4.00. The number of ketones is 2. The first-order chi connectivity index (χ1) is 12.6. The van der Waals surface area contributed by atoms with Gasteiger partial charge in [-0.05, 0) is 56.9 Å². The van der Waals surface area contributed by atoms with Crippen LogP contribution in [0, 0.1) is 11.8 Å². The second-order valence-electron chi connectivity index (χ2n) is 7.76. The van der Waals surface area contributed by atoms with Gasteiger partial charge in [0.25, 0.3) is 0 Å². The number of rotatable bonds is 15. The summed E-state index contributed by atoms with van der Waals surface area (Å²) >= 11 is 0. The van der Waals surface area contributed by atoms with Crippen LogP contribution in [0.15, 0.2) is 12.2 Å². The molecule has 0 heterocycles. The number of carbonyl (C=O) groups excluding carboxylic acids is 2. The fourth-order valence-corrected chi connectivity index (χ4v) is 4.00. The summed E-state index contributed by atoms with van der Waals surface area (Å²) in [4.78, 5) is 23.1. The SMILES string of the molecule is CCCCCC(O)CCC[C@H]1CCC(=O)[C@@H]1CCCCC=CC(=O)CO. The standard InChI is InChI=1S/C22H38O4/c1-2-3-6-11-19(24)13-9-10-18-15-16-22(26)21(18)14-8-5-4-7-12-20(25)17-23/h7,12,18-19,21,23-24H,2-6,8-11,13-17H2,1H3/t18-,19?,21+/m0/s1. The van der Waals surface area contributed by atoms with Gasteiger partial charge in [-0.2, -0.15) is 0 Å². The molecule has 1 fully saturated rings. The van der Waals surface area contributed by atoms with Gasteiger partial charge in [-0.1, -0.05) is 45.1 Å². The third kappa shape index (κ3) is 9.63. The third-order valence-electron chi connectivity index (χ3n) is 5.59. The molecule has 1 rings (SSSR count). The van der Waals surface area contributed by atoms with E-state index in [1.807, 2.05) is 6.08 Å². The maximum Gasteiger partial charge on any atom is 0.180 e. The van der Waals surface area contributed by atoms with Crippen molar-refractivity contribution in [2.75, 3.05) is 6.61 Å². The molecule has 0 aromatic carbocycles. The molecule has 0 aliphatic heterocycles. The highest BCUT2D eigenvalue weighted by Gasteiger charge is 2.33. The minimum Gasteiger partial charge on any atom is -0.393 e. The molecule has 0 bridgehead atoms. The van der Waals surface area contributed by atoms with Crippen molar-refractivity contribution in [1.82, 2.24) is 0 Å². The van der Waals surface area contributed by atoms with E-state index in [2.05, 4.69) is 6.92 Å². The number of Topliss-reactive ketones (excluding diaryl/α,β-unsaturated/α-hetero) is 1. The van der Waals surface area contributed by atoms with Crippen molar-refractivity contribution in [3.05, 3.63) is 12.2 Å². The smallest absolute Gasteiger partial charge is 0.180 e. The minimum absolute atomic E-state index is 0.175. The molecule has 1 saturated carbocycles. The van der Waals surface area contributed by atoms with E-state index >= 15 is 0 Å². The van der Waals surface area contributed by atoms with Gasteiger partial charge in [0.2, 0.25) is 0 Å². The van der Waals surface area contributed by atoms with Crippen LogP contribution < -0.4 is 0 Å². The number of hydrogen-bond donors (Lipinski definition) is 2. The van der Waals surface area contributed by atoms with Crippen molar-refractivity contribution in [3.63, 3.8) is 0 Å². The van der Waals surface area contributed by atoms with Crippen molar-refractivity contribution >= 4 is 11.6 Å². The Morgan fingerprint density at radius 2 is 1.92 bits per heavy atom. The predicted octanol–water partition coefficient (Wildman–Crippen LogP) is 4.37. The summed E-state index contributed by atoms with van der Waals surface area (Å²) in [6.45, 7) is 1.75. The molecule has 1 aliphatic rings. The van der Waals surface area contributed by atoms with Crippen LogP contribution in [0.3, 0.4) is 0 Å². The molecule has 0 amide bonds. The van der Waals surface area contributed by atoms with Crippen molar-refractivity contribution < 1.29 is 19.8 Å². The number of carbonyl (C=O) groups is 2. The first-order valence-electron chi connectivity index (χ1n) is 10.6. The normalized spacial score (nSPS) is 21.6. The zero-order chi connectivity index (χ0) is 19.2. The highest BCUT2D eigenvalue weighted by atomic mass is 16.3. The summed E-state index contributed by atoms with van der Waals surface area (Å²) in [5.74, 6) is 0.865.